The first-order valence-corrected chi connectivity index (χ1v) is 9.86. The highest BCUT2D eigenvalue weighted by Gasteiger charge is 2.51. The van der Waals surface area contributed by atoms with E-state index in [1.807, 2.05) is 25.1 Å². The first-order valence-electron chi connectivity index (χ1n) is 6.41. The molecule has 0 heterocycles. The van der Waals surface area contributed by atoms with Crippen molar-refractivity contribution < 1.29 is 26.6 Å². The van der Waals surface area contributed by atoms with Crippen LogP contribution in [-0.2, 0) is 26.6 Å². The van der Waals surface area contributed by atoms with Gasteiger partial charge in [0, 0.05) is 53.0 Å². The van der Waals surface area contributed by atoms with E-state index >= 15 is 0 Å². The molecule has 0 amide bonds. The second kappa shape index (κ2) is 7.61. The van der Waals surface area contributed by atoms with Gasteiger partial charge in [-0.25, -0.2) is 0 Å². The van der Waals surface area contributed by atoms with Crippen LogP contribution in [0.4, 0.5) is 0 Å². The van der Waals surface area contributed by atoms with Gasteiger partial charge in [0.15, 0.2) is 0 Å². The molecule has 0 atom stereocenters. The summed E-state index contributed by atoms with van der Waals surface area (Å²) in [5, 5.41) is 1.59. The number of benzene rings is 1. The Morgan fingerprint density at radius 3 is 1.38 bits per heavy atom. The van der Waals surface area contributed by atoms with E-state index in [9.17, 15) is 0 Å². The average Bonchev–Trinajstić information content (AvgIpc) is 2.53. The van der Waals surface area contributed by atoms with Crippen LogP contribution in [0.3, 0.4) is 0 Å². The smallest absolute Gasteiger partial charge is 0.373 e. The van der Waals surface area contributed by atoms with Crippen LogP contribution in [0, 0.1) is 6.92 Å². The summed E-state index contributed by atoms with van der Waals surface area (Å²) in [6, 6.07) is 5.86. The maximum Gasteiger partial charge on any atom is 0.536 e. The molecule has 21 heavy (non-hydrogen) atoms. The van der Waals surface area contributed by atoms with Crippen molar-refractivity contribution in [3.8, 4) is 0 Å². The van der Waals surface area contributed by atoms with E-state index in [1.54, 1.807) is 42.7 Å². The molecule has 6 nitrogen and oxygen atoms in total. The predicted octanol–water partition coefficient (Wildman–Crippen LogP) is 0.165. The molecular weight excluding hydrogens is 308 g/mol. The topological polar surface area (TPSA) is 55.4 Å². The van der Waals surface area contributed by atoms with Crippen molar-refractivity contribution in [3.05, 3.63) is 23.8 Å². The van der Waals surface area contributed by atoms with E-state index in [0.29, 0.717) is 0 Å². The minimum absolute atomic E-state index is 0.790. The van der Waals surface area contributed by atoms with Gasteiger partial charge in [0.05, 0.1) is 0 Å². The number of hydrogen-bond acceptors (Lipinski definition) is 6. The molecule has 0 aromatic heterocycles. The summed E-state index contributed by atoms with van der Waals surface area (Å²) in [5.41, 5.74) is 1.06. The Hall–Kier alpha value is -0.586. The van der Waals surface area contributed by atoms with Crippen LogP contribution < -0.4 is 10.4 Å². The molecular formula is C13H24O6Si2. The molecule has 0 fully saturated rings. The van der Waals surface area contributed by atoms with Gasteiger partial charge >= 0.3 is 17.6 Å². The Morgan fingerprint density at radius 2 is 1.00 bits per heavy atom. The zero-order chi connectivity index (χ0) is 16.1. The Bertz CT molecular complexity index is 443. The van der Waals surface area contributed by atoms with Crippen molar-refractivity contribution in [2.24, 2.45) is 0 Å². The highest BCUT2D eigenvalue weighted by molar-refractivity contribution is 6.86. The lowest BCUT2D eigenvalue weighted by atomic mass is 10.2. The van der Waals surface area contributed by atoms with Crippen LogP contribution in [0.25, 0.3) is 0 Å². The van der Waals surface area contributed by atoms with Crippen LogP contribution in [-0.4, -0.2) is 60.3 Å². The fraction of sp³-hybridized carbons (Fsp3) is 0.538. The monoisotopic (exact) mass is 332 g/mol. The molecule has 1 aromatic rings. The van der Waals surface area contributed by atoms with Crippen LogP contribution >= 0.6 is 0 Å². The molecule has 120 valence electrons. The van der Waals surface area contributed by atoms with Crippen molar-refractivity contribution in [1.29, 1.82) is 0 Å². The molecule has 0 saturated heterocycles. The molecule has 0 aliphatic carbocycles. The van der Waals surface area contributed by atoms with Crippen molar-refractivity contribution in [1.82, 2.24) is 0 Å². The fourth-order valence-corrected chi connectivity index (χ4v) is 7.08. The molecule has 0 N–H and O–H groups in total. The Balaban J connectivity index is 3.61. The maximum atomic E-state index is 5.60. The molecule has 8 heteroatoms. The Morgan fingerprint density at radius 1 is 0.619 bits per heavy atom. The van der Waals surface area contributed by atoms with Gasteiger partial charge in [0.1, 0.15) is 0 Å². The first-order chi connectivity index (χ1) is 9.98. The van der Waals surface area contributed by atoms with Gasteiger partial charge in [-0.3, -0.25) is 0 Å². The number of aryl methyl sites for hydroxylation is 1. The molecule has 0 saturated carbocycles. The quantitative estimate of drug-likeness (QED) is 0.633. The Labute approximate surface area is 128 Å². The lowest BCUT2D eigenvalue weighted by Crippen LogP contribution is -2.68. The standard InChI is InChI=1S/C13H24O6Si2/c1-11-8-9-12(20(14-2,15-3)16-4)13(10-11)21(17-5,18-6)19-7/h8-10H,1-7H3. The first kappa shape index (κ1) is 18.5. The van der Waals surface area contributed by atoms with Crippen molar-refractivity contribution in [3.63, 3.8) is 0 Å². The van der Waals surface area contributed by atoms with Crippen LogP contribution in [0.1, 0.15) is 5.56 Å². The number of hydrogen-bond donors (Lipinski definition) is 0. The molecule has 0 radical (unpaired) electrons. The Kier molecular flexibility index (Phi) is 6.69. The zero-order valence-electron chi connectivity index (χ0n) is 13.7. The van der Waals surface area contributed by atoms with E-state index < -0.39 is 17.6 Å². The third kappa shape index (κ3) is 3.27. The second-order valence-corrected chi connectivity index (χ2v) is 10.1. The van der Waals surface area contributed by atoms with Crippen molar-refractivity contribution in [2.75, 3.05) is 42.7 Å². The number of rotatable bonds is 8. The van der Waals surface area contributed by atoms with E-state index in [1.165, 1.54) is 0 Å². The van der Waals surface area contributed by atoms with Gasteiger partial charge in [0.2, 0.25) is 0 Å². The molecule has 0 aliphatic rings. The average molecular weight is 333 g/mol. The molecule has 0 aliphatic heterocycles. The van der Waals surface area contributed by atoms with E-state index in [2.05, 4.69) is 0 Å². The SMILES string of the molecule is CO[Si](OC)(OC)c1ccc(C)cc1[Si](OC)(OC)OC. The van der Waals surface area contributed by atoms with Crippen molar-refractivity contribution in [2.45, 2.75) is 6.92 Å². The lowest BCUT2D eigenvalue weighted by Gasteiger charge is -2.32. The predicted molar refractivity (Wildman–Crippen MR) is 84.0 cm³/mol. The third-order valence-corrected chi connectivity index (χ3v) is 9.09. The van der Waals surface area contributed by atoms with Gasteiger partial charge in [0.25, 0.3) is 0 Å². The van der Waals surface area contributed by atoms with Gasteiger partial charge < -0.3 is 26.6 Å². The summed E-state index contributed by atoms with van der Waals surface area (Å²) < 4.78 is 33.5. The molecule has 1 rings (SSSR count). The van der Waals surface area contributed by atoms with Crippen LogP contribution in [0.15, 0.2) is 18.2 Å². The minimum atomic E-state index is -3.03. The van der Waals surface area contributed by atoms with Gasteiger partial charge in [-0.2, -0.15) is 0 Å². The minimum Gasteiger partial charge on any atom is -0.373 e. The maximum absolute atomic E-state index is 5.60. The highest BCUT2D eigenvalue weighted by Crippen LogP contribution is 2.13. The largest absolute Gasteiger partial charge is 0.536 e. The summed E-state index contributed by atoms with van der Waals surface area (Å²) in [4.78, 5) is 0. The molecule has 0 spiro atoms. The fourth-order valence-electron chi connectivity index (χ4n) is 2.34. The summed E-state index contributed by atoms with van der Waals surface area (Å²) in [5.74, 6) is 0. The van der Waals surface area contributed by atoms with E-state index in [-0.39, 0.29) is 0 Å². The molecule has 0 bridgehead atoms. The van der Waals surface area contributed by atoms with Crippen molar-refractivity contribution >= 4 is 28.0 Å². The second-order valence-electron chi connectivity index (χ2n) is 4.39. The lowest BCUT2D eigenvalue weighted by molar-refractivity contribution is 0.135. The van der Waals surface area contributed by atoms with E-state index in [4.69, 9.17) is 26.6 Å². The third-order valence-electron chi connectivity index (χ3n) is 3.45. The zero-order valence-corrected chi connectivity index (χ0v) is 15.7. The summed E-state index contributed by atoms with van der Waals surface area (Å²) in [6.07, 6.45) is 0. The normalized spacial score (nSPS) is 12.7. The van der Waals surface area contributed by atoms with Gasteiger partial charge in [-0.1, -0.05) is 23.8 Å². The summed E-state index contributed by atoms with van der Waals surface area (Å²) in [6.45, 7) is 1.99. The summed E-state index contributed by atoms with van der Waals surface area (Å²) >= 11 is 0. The van der Waals surface area contributed by atoms with E-state index in [0.717, 1.165) is 15.9 Å². The van der Waals surface area contributed by atoms with Crippen LogP contribution in [0.5, 0.6) is 0 Å². The van der Waals surface area contributed by atoms with Gasteiger partial charge in [-0.05, 0) is 6.92 Å². The molecule has 0 unspecified atom stereocenters. The molecule has 1 aromatic carbocycles. The summed E-state index contributed by atoms with van der Waals surface area (Å²) in [7, 11) is 3.36. The highest BCUT2D eigenvalue weighted by atomic mass is 28.4. The van der Waals surface area contributed by atoms with Gasteiger partial charge in [-0.15, -0.1) is 0 Å². The van der Waals surface area contributed by atoms with Crippen LogP contribution in [0.2, 0.25) is 0 Å².